The topological polar surface area (TPSA) is 221 Å². The summed E-state index contributed by atoms with van der Waals surface area (Å²) in [6.45, 7) is 6.33. The third-order valence-electron chi connectivity index (χ3n) is 11.2. The highest BCUT2D eigenvalue weighted by atomic mass is 35.5. The van der Waals surface area contributed by atoms with Gasteiger partial charge in [-0.15, -0.1) is 0 Å². The van der Waals surface area contributed by atoms with Crippen molar-refractivity contribution in [1.29, 1.82) is 0 Å². The van der Waals surface area contributed by atoms with Crippen LogP contribution in [0, 0.1) is 18.2 Å². The van der Waals surface area contributed by atoms with Crippen molar-refractivity contribution >= 4 is 56.7 Å². The van der Waals surface area contributed by atoms with Gasteiger partial charge in [-0.2, -0.15) is 8.42 Å². The van der Waals surface area contributed by atoms with E-state index in [-0.39, 0.29) is 45.1 Å². The Morgan fingerprint density at radius 2 is 1.72 bits per heavy atom. The summed E-state index contributed by atoms with van der Waals surface area (Å²) in [7, 11) is -4.02. The number of hydrogen-bond acceptors (Lipinski definition) is 8. The van der Waals surface area contributed by atoms with Crippen LogP contribution in [0.5, 0.6) is 0 Å². The maximum absolute atomic E-state index is 16.0. The minimum atomic E-state index is -4.02. The first kappa shape index (κ1) is 41.5. The van der Waals surface area contributed by atoms with Crippen LogP contribution in [-0.4, -0.2) is 71.5 Å². The quantitative estimate of drug-likeness (QED) is 0.182. The number of nitrogens with one attached hydrogen (secondary N) is 3. The first-order valence-electron chi connectivity index (χ1n) is 17.3. The largest absolute Gasteiger partial charge is 0.412 e. The highest BCUT2D eigenvalue weighted by Crippen LogP contribution is 2.64. The number of carbonyl (C=O) groups excluding carboxylic acids is 3. The van der Waals surface area contributed by atoms with Crippen LogP contribution < -0.4 is 21.7 Å². The van der Waals surface area contributed by atoms with Gasteiger partial charge in [0.25, 0.3) is 10.1 Å². The van der Waals surface area contributed by atoms with E-state index < -0.39 is 56.8 Å². The van der Waals surface area contributed by atoms with E-state index in [4.69, 9.17) is 38.2 Å². The zero-order chi connectivity index (χ0) is 38.5. The fraction of sp³-hybridized carbons (Fsp3) is 0.459. The molecule has 1 aromatic heterocycles. The molecule has 7 rings (SSSR count). The van der Waals surface area contributed by atoms with E-state index in [0.29, 0.717) is 42.0 Å². The van der Waals surface area contributed by atoms with Crippen molar-refractivity contribution in [2.24, 2.45) is 11.1 Å². The van der Waals surface area contributed by atoms with Gasteiger partial charge in [0.15, 0.2) is 11.0 Å². The summed E-state index contributed by atoms with van der Waals surface area (Å²) in [6, 6.07) is 11.3. The summed E-state index contributed by atoms with van der Waals surface area (Å²) < 4.78 is 51.1. The number of amides is 3. The molecule has 0 bridgehead atoms. The van der Waals surface area contributed by atoms with Crippen molar-refractivity contribution in [2.45, 2.75) is 99.3 Å². The van der Waals surface area contributed by atoms with Gasteiger partial charge in [0, 0.05) is 28.4 Å². The van der Waals surface area contributed by atoms with E-state index in [2.05, 4.69) is 34.8 Å². The Bertz CT molecular complexity index is 2040. The molecule has 0 radical (unpaired) electrons. The second kappa shape index (κ2) is 15.4. The van der Waals surface area contributed by atoms with Gasteiger partial charge in [-0.25, -0.2) is 9.37 Å². The van der Waals surface area contributed by atoms with E-state index in [9.17, 15) is 22.8 Å². The number of nitrogens with zero attached hydrogens (tertiary/aromatic N) is 1. The van der Waals surface area contributed by atoms with Gasteiger partial charge >= 0.3 is 0 Å². The zero-order valence-corrected chi connectivity index (χ0v) is 32.2. The fourth-order valence-electron chi connectivity index (χ4n) is 8.42. The molecule has 2 spiro atoms. The lowest BCUT2D eigenvalue weighted by Gasteiger charge is -2.50. The number of ether oxygens (including phenoxy) is 1. The van der Waals surface area contributed by atoms with Gasteiger partial charge in [0.05, 0.1) is 23.6 Å². The molecule has 3 aromatic rings. The Morgan fingerprint density at radius 1 is 1.06 bits per heavy atom. The first-order chi connectivity index (χ1) is 24.9. The van der Waals surface area contributed by atoms with Gasteiger partial charge in [-0.05, 0) is 92.3 Å². The molecule has 1 saturated carbocycles. The summed E-state index contributed by atoms with van der Waals surface area (Å²) in [6.07, 6.45) is 4.31. The number of nitrogens with two attached hydrogens (primary N) is 1. The molecule has 4 heterocycles. The number of benzene rings is 2. The van der Waals surface area contributed by atoms with Crippen LogP contribution in [0.15, 0.2) is 59.6 Å². The molecule has 292 valence electrons. The van der Waals surface area contributed by atoms with Crippen molar-refractivity contribution < 1.29 is 42.0 Å². The second-order valence-electron chi connectivity index (χ2n) is 15.1. The summed E-state index contributed by atoms with van der Waals surface area (Å²) in [5.74, 6) is -2.99. The average Bonchev–Trinajstić information content (AvgIpc) is 3.55. The highest BCUT2D eigenvalue weighted by molar-refractivity contribution is 7.85. The molecule has 4 aliphatic rings. The van der Waals surface area contributed by atoms with Gasteiger partial charge in [0.2, 0.25) is 17.7 Å². The molecule has 13 nitrogen and oxygen atoms in total. The number of aryl methyl sites for hydroxylation is 1. The Kier molecular flexibility index (Phi) is 11.9. The van der Waals surface area contributed by atoms with E-state index >= 15 is 4.39 Å². The summed E-state index contributed by atoms with van der Waals surface area (Å²) >= 11 is 12.5. The Labute approximate surface area is 323 Å². The van der Waals surface area contributed by atoms with Crippen molar-refractivity contribution in [3.8, 4) is 0 Å². The summed E-state index contributed by atoms with van der Waals surface area (Å²) in [4.78, 5) is 44.1. The van der Waals surface area contributed by atoms with Crippen LogP contribution in [0.2, 0.25) is 10.2 Å². The van der Waals surface area contributed by atoms with Crippen molar-refractivity contribution in [3.63, 3.8) is 0 Å². The Hall–Kier alpha value is -3.70. The third-order valence-corrected chi connectivity index (χ3v) is 12.6. The SMILES string of the molecule is CC1(C)CCC2(CC1)N[C@@H](C(=O)N[C@@H]1CC[C@@H](C(N)=O)OC1)[C@H](c1ccnc(Cl)c1F)[C@]21C(=O)Nc2cc(Cl)ccc21.Cc1ccc(S(=O)(=O)O)cc1.O. The summed E-state index contributed by atoms with van der Waals surface area (Å²) in [5.41, 5.74) is 5.50. The predicted octanol–water partition coefficient (Wildman–Crippen LogP) is 4.38. The van der Waals surface area contributed by atoms with Crippen molar-refractivity contribution in [1.82, 2.24) is 15.6 Å². The molecular weight excluding hydrogens is 764 g/mol. The molecule has 2 aromatic carbocycles. The monoisotopic (exact) mass is 807 g/mol. The minimum absolute atomic E-state index is 0. The molecule has 1 aliphatic carbocycles. The van der Waals surface area contributed by atoms with Gasteiger partial charge < -0.3 is 26.6 Å². The molecule has 3 amide bonds. The molecule has 2 saturated heterocycles. The minimum Gasteiger partial charge on any atom is -0.412 e. The van der Waals surface area contributed by atoms with Crippen molar-refractivity contribution in [3.05, 3.63) is 87.4 Å². The van der Waals surface area contributed by atoms with Crippen molar-refractivity contribution in [2.75, 3.05) is 11.9 Å². The molecule has 5 atom stereocenters. The molecule has 54 heavy (non-hydrogen) atoms. The van der Waals surface area contributed by atoms with Crippen LogP contribution in [-0.2, 0) is 34.7 Å². The molecule has 17 heteroatoms. The highest BCUT2D eigenvalue weighted by Gasteiger charge is 2.73. The lowest BCUT2D eigenvalue weighted by atomic mass is 9.53. The lowest BCUT2D eigenvalue weighted by molar-refractivity contribution is -0.134. The van der Waals surface area contributed by atoms with E-state index in [1.807, 2.05) is 13.0 Å². The Morgan fingerprint density at radius 3 is 2.31 bits per heavy atom. The van der Waals surface area contributed by atoms with Crippen LogP contribution >= 0.6 is 23.2 Å². The number of carbonyl (C=O) groups is 3. The number of rotatable bonds is 5. The maximum atomic E-state index is 16.0. The Balaban J connectivity index is 0.000000403. The number of hydrogen-bond donors (Lipinski definition) is 5. The first-order valence-corrected chi connectivity index (χ1v) is 19.5. The van der Waals surface area contributed by atoms with Crippen LogP contribution in [0.25, 0.3) is 0 Å². The van der Waals surface area contributed by atoms with Gasteiger partial charge in [-0.1, -0.05) is 60.8 Å². The number of anilines is 1. The standard InChI is InChI=1S/C30H34Cl2FN5O4.C7H8O3S.H2O/c1-28(2)8-10-29(11-9-28)30(18-5-3-15(31)13-19(18)37-27(30)41)21(17-7-12-35-24(32)22(17)33)23(38-29)26(40)36-16-4-6-20(25(34)39)42-14-16;1-6-2-4-7(5-3-6)11(8,9)10;/h3,5,7,12-13,16,20-21,23,38H,4,6,8-11,14H2,1-2H3,(H2,34,39)(H,36,40)(H,37,41);2-5H,1H3,(H,8,9,10);1H2/t16-,20+,21+,23-,30-;;/m1../s1. The van der Waals surface area contributed by atoms with Gasteiger partial charge in [0.1, 0.15) is 11.5 Å². The fourth-order valence-corrected chi connectivity index (χ4v) is 9.24. The number of aromatic nitrogens is 1. The van der Waals surface area contributed by atoms with Crippen LogP contribution in [0.4, 0.5) is 10.1 Å². The number of fused-ring (bicyclic) bond motifs is 3. The number of halogens is 3. The van der Waals surface area contributed by atoms with Crippen LogP contribution in [0.1, 0.15) is 75.0 Å². The zero-order valence-electron chi connectivity index (χ0n) is 29.9. The number of primary amides is 1. The third kappa shape index (κ3) is 7.59. The predicted molar refractivity (Wildman–Crippen MR) is 200 cm³/mol. The lowest BCUT2D eigenvalue weighted by Crippen LogP contribution is -2.61. The normalized spacial score (nSPS) is 26.5. The average molecular weight is 809 g/mol. The number of pyridine rings is 1. The van der Waals surface area contributed by atoms with E-state index in [1.54, 1.807) is 24.3 Å². The molecule has 8 N–H and O–H groups in total. The maximum Gasteiger partial charge on any atom is 0.294 e. The van der Waals surface area contributed by atoms with E-state index in [0.717, 1.165) is 18.4 Å². The molecule has 3 aliphatic heterocycles. The second-order valence-corrected chi connectivity index (χ2v) is 17.3. The molecule has 3 fully saturated rings. The summed E-state index contributed by atoms with van der Waals surface area (Å²) in [5, 5.41) is 9.81. The molecular formula is C37H44Cl2FN5O8S. The molecule has 0 unspecified atom stereocenters. The van der Waals surface area contributed by atoms with Gasteiger partial charge in [-0.3, -0.25) is 24.3 Å². The van der Waals surface area contributed by atoms with E-state index in [1.165, 1.54) is 24.4 Å². The van der Waals surface area contributed by atoms with Crippen LogP contribution in [0.3, 0.4) is 0 Å². The smallest absolute Gasteiger partial charge is 0.294 e.